The number of allylic oxidation sites excluding steroid dienone is 2. The van der Waals surface area contributed by atoms with Crippen molar-refractivity contribution in [2.45, 2.75) is 19.3 Å². The monoisotopic (exact) mass is 196 g/mol. The van der Waals surface area contributed by atoms with Crippen LogP contribution in [0.15, 0.2) is 36.4 Å². The zero-order valence-corrected chi connectivity index (χ0v) is 8.89. The lowest BCUT2D eigenvalue weighted by Crippen LogP contribution is -2.28. The molecule has 3 aliphatic rings. The molecule has 0 nitrogen and oxygen atoms in total. The molecule has 0 aromatic heterocycles. The minimum atomic E-state index is 0.911. The molecule has 1 fully saturated rings. The van der Waals surface area contributed by atoms with Crippen molar-refractivity contribution in [3.63, 3.8) is 0 Å². The fourth-order valence-corrected chi connectivity index (χ4v) is 4.10. The van der Waals surface area contributed by atoms with Gasteiger partial charge in [0.05, 0.1) is 0 Å². The number of benzene rings is 1. The van der Waals surface area contributed by atoms with Crippen LogP contribution in [0.3, 0.4) is 0 Å². The Hall–Kier alpha value is -1.04. The summed E-state index contributed by atoms with van der Waals surface area (Å²) in [5.74, 6) is 3.76. The largest absolute Gasteiger partial charge is 0.0848 e. The summed E-state index contributed by atoms with van der Waals surface area (Å²) in [6.45, 7) is 0. The van der Waals surface area contributed by atoms with Gasteiger partial charge in [-0.2, -0.15) is 0 Å². The van der Waals surface area contributed by atoms with Crippen molar-refractivity contribution in [3.05, 3.63) is 47.5 Å². The number of hydrogen-bond acceptors (Lipinski definition) is 0. The summed E-state index contributed by atoms with van der Waals surface area (Å²) in [5, 5.41) is 0. The first-order chi connectivity index (χ1) is 7.42. The SMILES string of the molecule is C1=CC2CC1C1Cc3ccccc3CC21. The lowest BCUT2D eigenvalue weighted by Gasteiger charge is -2.33. The Labute approximate surface area is 91.0 Å². The molecule has 0 spiro atoms. The molecule has 4 unspecified atom stereocenters. The minimum Gasteiger partial charge on any atom is -0.0848 e. The van der Waals surface area contributed by atoms with E-state index in [-0.39, 0.29) is 0 Å². The van der Waals surface area contributed by atoms with Crippen molar-refractivity contribution in [1.82, 2.24) is 0 Å². The van der Waals surface area contributed by atoms with Gasteiger partial charge >= 0.3 is 0 Å². The first kappa shape index (κ1) is 8.15. The zero-order valence-electron chi connectivity index (χ0n) is 8.89. The Morgan fingerprint density at radius 1 is 0.800 bits per heavy atom. The smallest absolute Gasteiger partial charge is 0.0193 e. The van der Waals surface area contributed by atoms with Crippen LogP contribution in [0.1, 0.15) is 17.5 Å². The number of hydrogen-bond donors (Lipinski definition) is 0. The second kappa shape index (κ2) is 2.75. The Kier molecular flexibility index (Phi) is 1.49. The quantitative estimate of drug-likeness (QED) is 0.559. The third kappa shape index (κ3) is 1.03. The Bertz CT molecular complexity index is 390. The summed E-state index contributed by atoms with van der Waals surface area (Å²) in [6.07, 6.45) is 9.10. The van der Waals surface area contributed by atoms with Crippen LogP contribution in [0, 0.1) is 23.7 Å². The average Bonchev–Trinajstić information content (AvgIpc) is 2.87. The average molecular weight is 196 g/mol. The van der Waals surface area contributed by atoms with Gasteiger partial charge in [-0.15, -0.1) is 0 Å². The van der Waals surface area contributed by atoms with Gasteiger partial charge in [-0.25, -0.2) is 0 Å². The van der Waals surface area contributed by atoms with Gasteiger partial charge in [0.1, 0.15) is 0 Å². The summed E-state index contributed by atoms with van der Waals surface area (Å²) >= 11 is 0. The van der Waals surface area contributed by atoms with Crippen LogP contribution in [0.2, 0.25) is 0 Å². The summed E-state index contributed by atoms with van der Waals surface area (Å²) in [7, 11) is 0. The molecule has 0 heteroatoms. The van der Waals surface area contributed by atoms with Gasteiger partial charge < -0.3 is 0 Å². The highest BCUT2D eigenvalue weighted by atomic mass is 14.5. The highest BCUT2D eigenvalue weighted by Gasteiger charge is 2.45. The van der Waals surface area contributed by atoms with E-state index in [4.69, 9.17) is 0 Å². The molecule has 1 aromatic rings. The highest BCUT2D eigenvalue weighted by molar-refractivity contribution is 5.33. The van der Waals surface area contributed by atoms with E-state index in [0.29, 0.717) is 0 Å². The zero-order chi connectivity index (χ0) is 9.83. The van der Waals surface area contributed by atoms with E-state index in [1.807, 2.05) is 0 Å². The summed E-state index contributed by atoms with van der Waals surface area (Å²) in [4.78, 5) is 0. The van der Waals surface area contributed by atoms with E-state index in [1.54, 1.807) is 11.1 Å². The van der Waals surface area contributed by atoms with Crippen molar-refractivity contribution in [1.29, 1.82) is 0 Å². The topological polar surface area (TPSA) is 0 Å². The Morgan fingerprint density at radius 2 is 1.33 bits per heavy atom. The molecule has 15 heavy (non-hydrogen) atoms. The van der Waals surface area contributed by atoms with Crippen LogP contribution in [-0.2, 0) is 12.8 Å². The molecule has 1 saturated carbocycles. The van der Waals surface area contributed by atoms with Crippen molar-refractivity contribution in [3.8, 4) is 0 Å². The first-order valence-corrected chi connectivity index (χ1v) is 6.17. The van der Waals surface area contributed by atoms with Crippen molar-refractivity contribution in [2.75, 3.05) is 0 Å². The maximum absolute atomic E-state index is 2.49. The van der Waals surface area contributed by atoms with Gasteiger partial charge in [-0.3, -0.25) is 0 Å². The van der Waals surface area contributed by atoms with Crippen LogP contribution in [0.25, 0.3) is 0 Å². The maximum Gasteiger partial charge on any atom is -0.0193 e. The lowest BCUT2D eigenvalue weighted by atomic mass is 9.71. The standard InChI is InChI=1S/C15H16/c1-2-4-11-9-15-13-6-5-12(7-13)14(15)8-10(11)3-1/h1-6,12-15H,7-9H2. The van der Waals surface area contributed by atoms with Crippen LogP contribution in [0.4, 0.5) is 0 Å². The third-order valence-electron chi connectivity index (χ3n) is 4.83. The van der Waals surface area contributed by atoms with Gasteiger partial charge in [0.15, 0.2) is 0 Å². The van der Waals surface area contributed by atoms with Gasteiger partial charge in [0.25, 0.3) is 0 Å². The van der Waals surface area contributed by atoms with E-state index >= 15 is 0 Å². The van der Waals surface area contributed by atoms with Crippen LogP contribution in [-0.4, -0.2) is 0 Å². The van der Waals surface area contributed by atoms with Crippen molar-refractivity contribution in [2.24, 2.45) is 23.7 Å². The molecule has 4 atom stereocenters. The van der Waals surface area contributed by atoms with E-state index in [1.165, 1.54) is 19.3 Å². The van der Waals surface area contributed by atoms with Gasteiger partial charge in [-0.05, 0) is 54.1 Å². The van der Waals surface area contributed by atoms with Crippen LogP contribution in [0.5, 0.6) is 0 Å². The van der Waals surface area contributed by atoms with E-state index < -0.39 is 0 Å². The molecular formula is C15H16. The molecule has 0 aliphatic heterocycles. The van der Waals surface area contributed by atoms with Crippen molar-refractivity contribution < 1.29 is 0 Å². The molecule has 3 aliphatic carbocycles. The van der Waals surface area contributed by atoms with E-state index in [0.717, 1.165) is 23.7 Å². The molecule has 0 amide bonds. The normalized spacial score (nSPS) is 40.3. The van der Waals surface area contributed by atoms with E-state index in [9.17, 15) is 0 Å². The fourth-order valence-electron chi connectivity index (χ4n) is 4.10. The van der Waals surface area contributed by atoms with Crippen molar-refractivity contribution >= 4 is 0 Å². The minimum absolute atomic E-state index is 0.911. The Morgan fingerprint density at radius 3 is 1.87 bits per heavy atom. The summed E-state index contributed by atoms with van der Waals surface area (Å²) in [6, 6.07) is 9.06. The highest BCUT2D eigenvalue weighted by Crippen LogP contribution is 2.52. The molecule has 0 N–H and O–H groups in total. The number of fused-ring (bicyclic) bond motifs is 6. The fraction of sp³-hybridized carbons (Fsp3) is 0.467. The molecular weight excluding hydrogens is 180 g/mol. The second-order valence-electron chi connectivity index (χ2n) is 5.45. The molecule has 0 radical (unpaired) electrons. The van der Waals surface area contributed by atoms with Crippen LogP contribution < -0.4 is 0 Å². The number of rotatable bonds is 0. The second-order valence-corrected chi connectivity index (χ2v) is 5.45. The van der Waals surface area contributed by atoms with Gasteiger partial charge in [-0.1, -0.05) is 36.4 Å². The molecule has 0 saturated heterocycles. The van der Waals surface area contributed by atoms with Gasteiger partial charge in [0.2, 0.25) is 0 Å². The molecule has 4 rings (SSSR count). The molecule has 0 heterocycles. The molecule has 1 aromatic carbocycles. The third-order valence-corrected chi connectivity index (χ3v) is 4.83. The summed E-state index contributed by atoms with van der Waals surface area (Å²) < 4.78 is 0. The first-order valence-electron chi connectivity index (χ1n) is 6.17. The predicted octanol–water partition coefficient (Wildman–Crippen LogP) is 3.22. The van der Waals surface area contributed by atoms with Gasteiger partial charge in [0, 0.05) is 0 Å². The maximum atomic E-state index is 2.49. The molecule has 76 valence electrons. The van der Waals surface area contributed by atoms with E-state index in [2.05, 4.69) is 36.4 Å². The lowest BCUT2D eigenvalue weighted by molar-refractivity contribution is 0.288. The Balaban J connectivity index is 1.77. The van der Waals surface area contributed by atoms with Crippen LogP contribution >= 0.6 is 0 Å². The molecule has 2 bridgehead atoms. The summed E-state index contributed by atoms with van der Waals surface area (Å²) in [5.41, 5.74) is 3.25. The predicted molar refractivity (Wildman–Crippen MR) is 61.6 cm³/mol.